The number of nitrogens with two attached hydrogens (primary N) is 1. The lowest BCUT2D eigenvalue weighted by Gasteiger charge is -2.15. The van der Waals surface area contributed by atoms with Gasteiger partial charge in [-0.05, 0) is 19.4 Å². The average molecular weight is 264 g/mol. The largest absolute Gasteiger partial charge is 0.349 e. The quantitative estimate of drug-likeness (QED) is 0.383. The molecule has 0 aliphatic carbocycles. The summed E-state index contributed by atoms with van der Waals surface area (Å²) in [5.74, 6) is 5.24. The van der Waals surface area contributed by atoms with Gasteiger partial charge in [-0.25, -0.2) is 0 Å². The number of hydrazine groups is 1. The standard InChI is InChI=1S/C14H24N4O/c1-3-4-5-6-7-11(2)17-14(19)12-10-16-9-8-13(12)18-15/h8-11H,3-7,15H2,1-2H3,(H,16,18)(H,17,19). The Bertz CT molecular complexity index is 395. The van der Waals surface area contributed by atoms with Crippen LogP contribution in [0.2, 0.25) is 0 Å². The number of unbranched alkanes of at least 4 members (excludes halogenated alkanes) is 3. The first-order chi connectivity index (χ1) is 9.19. The Labute approximate surface area is 115 Å². The minimum Gasteiger partial charge on any atom is -0.349 e. The van der Waals surface area contributed by atoms with Crippen LogP contribution >= 0.6 is 0 Å². The molecule has 0 aliphatic heterocycles. The number of rotatable bonds is 8. The summed E-state index contributed by atoms with van der Waals surface area (Å²) >= 11 is 0. The molecular formula is C14H24N4O. The van der Waals surface area contributed by atoms with Crippen LogP contribution in [0.5, 0.6) is 0 Å². The first kappa shape index (κ1) is 15.4. The molecule has 0 radical (unpaired) electrons. The maximum atomic E-state index is 12.1. The van der Waals surface area contributed by atoms with E-state index in [1.54, 1.807) is 12.3 Å². The number of nitrogen functional groups attached to an aromatic ring is 1. The van der Waals surface area contributed by atoms with E-state index in [0.29, 0.717) is 11.3 Å². The van der Waals surface area contributed by atoms with E-state index >= 15 is 0 Å². The fourth-order valence-corrected chi connectivity index (χ4v) is 1.95. The monoisotopic (exact) mass is 264 g/mol. The van der Waals surface area contributed by atoms with Gasteiger partial charge >= 0.3 is 0 Å². The number of pyridine rings is 1. The molecule has 19 heavy (non-hydrogen) atoms. The van der Waals surface area contributed by atoms with Crippen molar-refractivity contribution in [1.82, 2.24) is 10.3 Å². The SMILES string of the molecule is CCCCCCC(C)NC(=O)c1cnccc1NN. The van der Waals surface area contributed by atoms with Crippen LogP contribution in [-0.2, 0) is 0 Å². The molecule has 1 amide bonds. The van der Waals surface area contributed by atoms with Crippen LogP contribution in [0.3, 0.4) is 0 Å². The van der Waals surface area contributed by atoms with Gasteiger partial charge in [0.2, 0.25) is 0 Å². The number of carbonyl (C=O) groups is 1. The van der Waals surface area contributed by atoms with Gasteiger partial charge in [-0.1, -0.05) is 32.6 Å². The van der Waals surface area contributed by atoms with E-state index in [-0.39, 0.29) is 11.9 Å². The fraction of sp³-hybridized carbons (Fsp3) is 0.571. The summed E-state index contributed by atoms with van der Waals surface area (Å²) in [6.07, 6.45) is 8.96. The lowest BCUT2D eigenvalue weighted by Crippen LogP contribution is -2.33. The van der Waals surface area contributed by atoms with Gasteiger partial charge < -0.3 is 10.7 Å². The summed E-state index contributed by atoms with van der Waals surface area (Å²) < 4.78 is 0. The Hall–Kier alpha value is -1.62. The second-order valence-corrected chi connectivity index (χ2v) is 4.79. The van der Waals surface area contributed by atoms with E-state index in [4.69, 9.17) is 5.84 Å². The van der Waals surface area contributed by atoms with Crippen LogP contribution in [0.4, 0.5) is 5.69 Å². The minimum atomic E-state index is -0.135. The molecule has 0 spiro atoms. The summed E-state index contributed by atoms with van der Waals surface area (Å²) in [5.41, 5.74) is 3.57. The molecule has 1 aromatic rings. The molecule has 1 aromatic heterocycles. The highest BCUT2D eigenvalue weighted by atomic mass is 16.1. The van der Waals surface area contributed by atoms with Gasteiger partial charge in [-0.2, -0.15) is 0 Å². The highest BCUT2D eigenvalue weighted by Crippen LogP contribution is 2.12. The summed E-state index contributed by atoms with van der Waals surface area (Å²) in [5, 5.41) is 2.97. The molecule has 106 valence electrons. The Morgan fingerprint density at radius 1 is 1.42 bits per heavy atom. The minimum absolute atomic E-state index is 0.135. The van der Waals surface area contributed by atoms with Crippen molar-refractivity contribution in [2.45, 2.75) is 52.0 Å². The number of hydrogen-bond donors (Lipinski definition) is 3. The Kier molecular flexibility index (Phi) is 6.89. The average Bonchev–Trinajstić information content (AvgIpc) is 2.43. The van der Waals surface area contributed by atoms with Crippen LogP contribution in [0.25, 0.3) is 0 Å². The zero-order chi connectivity index (χ0) is 14.1. The topological polar surface area (TPSA) is 80.0 Å². The van der Waals surface area contributed by atoms with E-state index in [1.807, 2.05) is 6.92 Å². The summed E-state index contributed by atoms with van der Waals surface area (Å²) in [6, 6.07) is 1.84. The molecule has 1 rings (SSSR count). The van der Waals surface area contributed by atoms with E-state index in [1.165, 1.54) is 25.5 Å². The molecular weight excluding hydrogens is 240 g/mol. The number of nitrogens with one attached hydrogen (secondary N) is 2. The molecule has 0 saturated carbocycles. The molecule has 0 aromatic carbocycles. The lowest BCUT2D eigenvalue weighted by atomic mass is 10.1. The molecule has 0 fully saturated rings. The summed E-state index contributed by atoms with van der Waals surface area (Å²) in [4.78, 5) is 16.0. The Balaban J connectivity index is 2.45. The number of aromatic nitrogens is 1. The molecule has 4 N–H and O–H groups in total. The zero-order valence-corrected chi connectivity index (χ0v) is 11.8. The van der Waals surface area contributed by atoms with Crippen molar-refractivity contribution in [1.29, 1.82) is 0 Å². The molecule has 5 nitrogen and oxygen atoms in total. The van der Waals surface area contributed by atoms with Crippen molar-refractivity contribution in [2.24, 2.45) is 5.84 Å². The Morgan fingerprint density at radius 2 is 2.21 bits per heavy atom. The van der Waals surface area contributed by atoms with Crippen molar-refractivity contribution in [3.05, 3.63) is 24.0 Å². The van der Waals surface area contributed by atoms with E-state index in [9.17, 15) is 4.79 Å². The van der Waals surface area contributed by atoms with Gasteiger partial charge in [0.25, 0.3) is 5.91 Å². The van der Waals surface area contributed by atoms with Crippen LogP contribution in [0.15, 0.2) is 18.5 Å². The van der Waals surface area contributed by atoms with Crippen LogP contribution < -0.4 is 16.6 Å². The van der Waals surface area contributed by atoms with Gasteiger partial charge in [-0.3, -0.25) is 15.6 Å². The summed E-state index contributed by atoms with van der Waals surface area (Å²) in [6.45, 7) is 4.21. The highest BCUT2D eigenvalue weighted by molar-refractivity contribution is 5.99. The van der Waals surface area contributed by atoms with Gasteiger partial charge in [0.05, 0.1) is 11.3 Å². The second-order valence-electron chi connectivity index (χ2n) is 4.79. The number of hydrogen-bond acceptors (Lipinski definition) is 4. The molecule has 0 saturated heterocycles. The maximum Gasteiger partial charge on any atom is 0.255 e. The lowest BCUT2D eigenvalue weighted by molar-refractivity contribution is 0.0938. The summed E-state index contributed by atoms with van der Waals surface area (Å²) in [7, 11) is 0. The molecule has 1 atom stereocenters. The van der Waals surface area contributed by atoms with Crippen molar-refractivity contribution in [2.75, 3.05) is 5.43 Å². The molecule has 1 unspecified atom stereocenters. The second kappa shape index (κ2) is 8.48. The smallest absolute Gasteiger partial charge is 0.255 e. The van der Waals surface area contributed by atoms with Gasteiger partial charge in [0, 0.05) is 18.4 Å². The third-order valence-electron chi connectivity index (χ3n) is 3.09. The first-order valence-electron chi connectivity index (χ1n) is 6.90. The van der Waals surface area contributed by atoms with Gasteiger partial charge in [0.15, 0.2) is 0 Å². The predicted octanol–water partition coefficient (Wildman–Crippen LogP) is 2.46. The third kappa shape index (κ3) is 5.26. The van der Waals surface area contributed by atoms with Crippen molar-refractivity contribution >= 4 is 11.6 Å². The van der Waals surface area contributed by atoms with E-state index in [0.717, 1.165) is 12.8 Å². The number of anilines is 1. The highest BCUT2D eigenvalue weighted by Gasteiger charge is 2.13. The van der Waals surface area contributed by atoms with Crippen LogP contribution in [-0.4, -0.2) is 16.9 Å². The molecule has 0 bridgehead atoms. The van der Waals surface area contributed by atoms with Gasteiger partial charge in [-0.15, -0.1) is 0 Å². The van der Waals surface area contributed by atoms with E-state index in [2.05, 4.69) is 22.7 Å². The van der Waals surface area contributed by atoms with Crippen molar-refractivity contribution in [3.63, 3.8) is 0 Å². The number of nitrogens with zero attached hydrogens (tertiary/aromatic N) is 1. The van der Waals surface area contributed by atoms with Crippen molar-refractivity contribution < 1.29 is 4.79 Å². The maximum absolute atomic E-state index is 12.1. The van der Waals surface area contributed by atoms with Gasteiger partial charge in [0.1, 0.15) is 0 Å². The van der Waals surface area contributed by atoms with Crippen LogP contribution in [0, 0.1) is 0 Å². The number of carbonyl (C=O) groups excluding carboxylic acids is 1. The molecule has 1 heterocycles. The zero-order valence-electron chi connectivity index (χ0n) is 11.8. The molecule has 0 aliphatic rings. The molecule has 5 heteroatoms. The predicted molar refractivity (Wildman–Crippen MR) is 77.7 cm³/mol. The third-order valence-corrected chi connectivity index (χ3v) is 3.09. The fourth-order valence-electron chi connectivity index (χ4n) is 1.95. The number of amides is 1. The van der Waals surface area contributed by atoms with Crippen molar-refractivity contribution in [3.8, 4) is 0 Å². The normalized spacial score (nSPS) is 11.9. The first-order valence-corrected chi connectivity index (χ1v) is 6.90. The van der Waals surface area contributed by atoms with Crippen LogP contribution in [0.1, 0.15) is 56.3 Å². The van der Waals surface area contributed by atoms with E-state index < -0.39 is 0 Å². The Morgan fingerprint density at radius 3 is 2.89 bits per heavy atom.